The van der Waals surface area contributed by atoms with Gasteiger partial charge < -0.3 is 10.4 Å². The quantitative estimate of drug-likeness (QED) is 0.722. The first-order chi connectivity index (χ1) is 7.29. The Morgan fingerprint density at radius 3 is 2.87 bits per heavy atom. The Labute approximate surface area is 90.4 Å². The highest BCUT2D eigenvalue weighted by Gasteiger charge is 2.03. The number of hydrogen-bond acceptors (Lipinski definition) is 3. The molecule has 0 spiro atoms. The number of rotatable bonds is 5. The van der Waals surface area contributed by atoms with E-state index >= 15 is 0 Å². The van der Waals surface area contributed by atoms with Gasteiger partial charge in [0.15, 0.2) is 0 Å². The molecule has 3 nitrogen and oxygen atoms in total. The summed E-state index contributed by atoms with van der Waals surface area (Å²) in [6.07, 6.45) is 1.70. The number of nitriles is 1. The molecule has 0 aromatic heterocycles. The van der Waals surface area contributed by atoms with Gasteiger partial charge in [-0.15, -0.1) is 0 Å². The van der Waals surface area contributed by atoms with Gasteiger partial charge in [0, 0.05) is 13.2 Å². The minimum atomic E-state index is 0.223. The predicted octanol–water partition coefficient (Wildman–Crippen LogP) is 2.05. The number of anilines is 1. The average Bonchev–Trinajstić information content (AvgIpc) is 2.26. The highest BCUT2D eigenvalue weighted by molar-refractivity contribution is 5.62. The number of nitrogens with one attached hydrogen (secondary N) is 1. The minimum Gasteiger partial charge on any atom is -0.396 e. The van der Waals surface area contributed by atoms with Crippen molar-refractivity contribution in [3.63, 3.8) is 0 Å². The van der Waals surface area contributed by atoms with E-state index in [4.69, 9.17) is 10.4 Å². The SMILES string of the molecule is Cc1cccc(C#N)c1NCCCCO. The summed E-state index contributed by atoms with van der Waals surface area (Å²) in [5.41, 5.74) is 2.68. The molecule has 0 aliphatic rings. The lowest BCUT2D eigenvalue weighted by molar-refractivity contribution is 0.286. The van der Waals surface area contributed by atoms with Gasteiger partial charge in [-0.25, -0.2) is 0 Å². The number of para-hydroxylation sites is 1. The van der Waals surface area contributed by atoms with Gasteiger partial charge in [0.25, 0.3) is 0 Å². The Hall–Kier alpha value is -1.53. The smallest absolute Gasteiger partial charge is 0.101 e. The van der Waals surface area contributed by atoms with Crippen LogP contribution in [0.25, 0.3) is 0 Å². The fraction of sp³-hybridized carbons (Fsp3) is 0.417. The largest absolute Gasteiger partial charge is 0.396 e. The molecule has 0 saturated carbocycles. The number of aryl methyl sites for hydroxylation is 1. The maximum atomic E-state index is 8.92. The molecule has 0 radical (unpaired) electrons. The Morgan fingerprint density at radius 1 is 1.40 bits per heavy atom. The van der Waals surface area contributed by atoms with E-state index in [1.54, 1.807) is 6.07 Å². The summed E-state index contributed by atoms with van der Waals surface area (Å²) in [5, 5.41) is 20.8. The zero-order valence-corrected chi connectivity index (χ0v) is 8.95. The summed E-state index contributed by atoms with van der Waals surface area (Å²) >= 11 is 0. The van der Waals surface area contributed by atoms with Crippen molar-refractivity contribution in [2.24, 2.45) is 0 Å². The molecule has 0 heterocycles. The van der Waals surface area contributed by atoms with E-state index in [-0.39, 0.29) is 6.61 Å². The number of aliphatic hydroxyl groups is 1. The molecule has 0 amide bonds. The Morgan fingerprint density at radius 2 is 2.20 bits per heavy atom. The maximum Gasteiger partial charge on any atom is 0.101 e. The van der Waals surface area contributed by atoms with E-state index in [0.29, 0.717) is 5.56 Å². The summed E-state index contributed by atoms with van der Waals surface area (Å²) in [4.78, 5) is 0. The molecule has 0 atom stereocenters. The molecular formula is C12H16N2O. The first-order valence-electron chi connectivity index (χ1n) is 5.14. The van der Waals surface area contributed by atoms with Crippen LogP contribution in [0, 0.1) is 18.3 Å². The number of aliphatic hydroxyl groups excluding tert-OH is 1. The Kier molecular flexibility index (Phi) is 4.65. The molecule has 15 heavy (non-hydrogen) atoms. The minimum absolute atomic E-state index is 0.223. The number of nitrogens with zero attached hydrogens (tertiary/aromatic N) is 1. The third-order valence-electron chi connectivity index (χ3n) is 2.28. The molecule has 0 fully saturated rings. The van der Waals surface area contributed by atoms with Crippen LogP contribution in [0.5, 0.6) is 0 Å². The van der Waals surface area contributed by atoms with Crippen LogP contribution >= 0.6 is 0 Å². The number of hydrogen-bond donors (Lipinski definition) is 2. The Bertz CT molecular complexity index is 355. The number of unbranched alkanes of at least 4 members (excludes halogenated alkanes) is 1. The molecule has 0 aliphatic carbocycles. The molecule has 80 valence electrons. The van der Waals surface area contributed by atoms with Crippen molar-refractivity contribution in [3.8, 4) is 6.07 Å². The van der Waals surface area contributed by atoms with Crippen molar-refractivity contribution in [3.05, 3.63) is 29.3 Å². The molecule has 0 aliphatic heterocycles. The van der Waals surface area contributed by atoms with Crippen LogP contribution in [0.1, 0.15) is 24.0 Å². The Balaban J connectivity index is 2.63. The third kappa shape index (κ3) is 3.26. The van der Waals surface area contributed by atoms with Gasteiger partial charge in [-0.1, -0.05) is 12.1 Å². The highest BCUT2D eigenvalue weighted by atomic mass is 16.2. The van der Waals surface area contributed by atoms with E-state index in [1.807, 2.05) is 19.1 Å². The third-order valence-corrected chi connectivity index (χ3v) is 2.28. The van der Waals surface area contributed by atoms with Gasteiger partial charge in [0.2, 0.25) is 0 Å². The van der Waals surface area contributed by atoms with Gasteiger partial charge in [-0.2, -0.15) is 5.26 Å². The van der Waals surface area contributed by atoms with Crippen molar-refractivity contribution in [2.75, 3.05) is 18.5 Å². The van der Waals surface area contributed by atoms with Crippen LogP contribution in [0.4, 0.5) is 5.69 Å². The summed E-state index contributed by atoms with van der Waals surface area (Å²) in [7, 11) is 0. The van der Waals surface area contributed by atoms with Crippen LogP contribution in [0.2, 0.25) is 0 Å². The predicted molar refractivity (Wildman–Crippen MR) is 60.7 cm³/mol. The zero-order chi connectivity index (χ0) is 11.1. The molecule has 1 rings (SSSR count). The highest BCUT2D eigenvalue weighted by Crippen LogP contribution is 2.19. The molecule has 2 N–H and O–H groups in total. The average molecular weight is 204 g/mol. The lowest BCUT2D eigenvalue weighted by Crippen LogP contribution is -2.05. The fourth-order valence-electron chi connectivity index (χ4n) is 1.45. The van der Waals surface area contributed by atoms with E-state index in [9.17, 15) is 0 Å². The van der Waals surface area contributed by atoms with Gasteiger partial charge in [-0.3, -0.25) is 0 Å². The lowest BCUT2D eigenvalue weighted by atomic mass is 10.1. The van der Waals surface area contributed by atoms with Crippen molar-refractivity contribution in [1.82, 2.24) is 0 Å². The molecular weight excluding hydrogens is 188 g/mol. The summed E-state index contributed by atoms with van der Waals surface area (Å²) < 4.78 is 0. The van der Waals surface area contributed by atoms with E-state index in [0.717, 1.165) is 30.6 Å². The fourth-order valence-corrected chi connectivity index (χ4v) is 1.45. The van der Waals surface area contributed by atoms with Crippen molar-refractivity contribution in [2.45, 2.75) is 19.8 Å². The first kappa shape index (κ1) is 11.5. The second-order valence-corrected chi connectivity index (χ2v) is 3.47. The lowest BCUT2D eigenvalue weighted by Gasteiger charge is -2.10. The molecule has 1 aromatic carbocycles. The standard InChI is InChI=1S/C12H16N2O/c1-10-5-4-6-11(9-13)12(10)14-7-2-3-8-15/h4-6,14-15H,2-3,7-8H2,1H3. The normalized spacial score (nSPS) is 9.67. The van der Waals surface area contributed by atoms with Crippen molar-refractivity contribution in [1.29, 1.82) is 5.26 Å². The van der Waals surface area contributed by atoms with Crippen LogP contribution in [-0.2, 0) is 0 Å². The van der Waals surface area contributed by atoms with Crippen LogP contribution in [0.15, 0.2) is 18.2 Å². The summed E-state index contributed by atoms with van der Waals surface area (Å²) in [6, 6.07) is 7.84. The second kappa shape index (κ2) is 6.05. The van der Waals surface area contributed by atoms with E-state index in [1.165, 1.54) is 0 Å². The maximum absolute atomic E-state index is 8.92. The van der Waals surface area contributed by atoms with Gasteiger partial charge in [-0.05, 0) is 31.4 Å². The summed E-state index contributed by atoms with van der Waals surface area (Å²) in [6.45, 7) is 3.00. The summed E-state index contributed by atoms with van der Waals surface area (Å²) in [5.74, 6) is 0. The monoisotopic (exact) mass is 204 g/mol. The van der Waals surface area contributed by atoms with Gasteiger partial charge in [0.1, 0.15) is 6.07 Å². The van der Waals surface area contributed by atoms with Crippen LogP contribution < -0.4 is 5.32 Å². The van der Waals surface area contributed by atoms with E-state index in [2.05, 4.69) is 11.4 Å². The van der Waals surface area contributed by atoms with Gasteiger partial charge in [0.05, 0.1) is 11.3 Å². The van der Waals surface area contributed by atoms with Crippen molar-refractivity contribution >= 4 is 5.69 Å². The molecule has 3 heteroatoms. The van der Waals surface area contributed by atoms with E-state index < -0.39 is 0 Å². The molecule has 0 saturated heterocycles. The second-order valence-electron chi connectivity index (χ2n) is 3.47. The molecule has 1 aromatic rings. The van der Waals surface area contributed by atoms with Crippen LogP contribution in [0.3, 0.4) is 0 Å². The number of benzene rings is 1. The first-order valence-corrected chi connectivity index (χ1v) is 5.14. The van der Waals surface area contributed by atoms with Crippen LogP contribution in [-0.4, -0.2) is 18.3 Å². The van der Waals surface area contributed by atoms with Gasteiger partial charge >= 0.3 is 0 Å². The molecule has 0 unspecified atom stereocenters. The van der Waals surface area contributed by atoms with Crippen molar-refractivity contribution < 1.29 is 5.11 Å². The molecule has 0 bridgehead atoms. The zero-order valence-electron chi connectivity index (χ0n) is 8.95. The topological polar surface area (TPSA) is 56.0 Å².